The summed E-state index contributed by atoms with van der Waals surface area (Å²) in [6.45, 7) is -0.627. The number of hydrogen-bond donors (Lipinski definition) is 0. The smallest absolute Gasteiger partial charge is 0.369 e. The fraction of sp³-hybridized carbons (Fsp3) is 0.455. The van der Waals surface area contributed by atoms with E-state index >= 15 is 0 Å². The number of halogens is 6. The van der Waals surface area contributed by atoms with Crippen molar-refractivity contribution in [2.75, 3.05) is 18.5 Å². The fourth-order valence-corrected chi connectivity index (χ4v) is 1.73. The van der Waals surface area contributed by atoms with Crippen LogP contribution in [0.2, 0.25) is 0 Å². The van der Waals surface area contributed by atoms with Gasteiger partial charge in [-0.05, 0) is 17.7 Å². The second-order valence-electron chi connectivity index (χ2n) is 3.74. The minimum absolute atomic E-state index is 0.0710. The van der Waals surface area contributed by atoms with Crippen molar-refractivity contribution in [2.24, 2.45) is 0 Å². The van der Waals surface area contributed by atoms with Crippen molar-refractivity contribution in [3.63, 3.8) is 0 Å². The summed E-state index contributed by atoms with van der Waals surface area (Å²) in [5.74, 6) is -0.284. The quantitative estimate of drug-likeness (QED) is 0.594. The van der Waals surface area contributed by atoms with Gasteiger partial charge in [-0.15, -0.1) is 11.6 Å². The second kappa shape index (κ2) is 5.73. The molecule has 0 atom stereocenters. The Morgan fingerprint density at radius 2 is 1.89 bits per heavy atom. The molecule has 0 bridgehead atoms. The largest absolute Gasteiger partial charge is 0.416 e. The lowest BCUT2D eigenvalue weighted by atomic mass is 10.1. The van der Waals surface area contributed by atoms with Crippen LogP contribution in [0.4, 0.5) is 27.6 Å². The zero-order valence-electron chi connectivity index (χ0n) is 9.44. The van der Waals surface area contributed by atoms with Gasteiger partial charge in [0, 0.05) is 18.6 Å². The van der Waals surface area contributed by atoms with Crippen molar-refractivity contribution < 1.29 is 22.0 Å². The van der Waals surface area contributed by atoms with Crippen molar-refractivity contribution in [1.29, 1.82) is 0 Å². The fourth-order valence-electron chi connectivity index (χ4n) is 1.49. The summed E-state index contributed by atoms with van der Waals surface area (Å²) in [4.78, 5) is 1.07. The van der Waals surface area contributed by atoms with Crippen LogP contribution in [0.15, 0.2) is 18.2 Å². The Morgan fingerprint density at radius 1 is 1.28 bits per heavy atom. The van der Waals surface area contributed by atoms with Crippen molar-refractivity contribution >= 4 is 17.3 Å². The average Bonchev–Trinajstić information content (AvgIpc) is 2.26. The highest BCUT2D eigenvalue weighted by Crippen LogP contribution is 2.35. The molecule has 0 saturated carbocycles. The molecule has 0 aliphatic heterocycles. The zero-order valence-corrected chi connectivity index (χ0v) is 10.2. The lowest BCUT2D eigenvalue weighted by molar-refractivity contribution is -0.138. The number of alkyl halides is 6. The summed E-state index contributed by atoms with van der Waals surface area (Å²) in [6.07, 6.45) is -7.16. The minimum atomic E-state index is -4.55. The highest BCUT2D eigenvalue weighted by atomic mass is 35.5. The number of nitrogens with zero attached hydrogens (tertiary/aromatic N) is 1. The van der Waals surface area contributed by atoms with Crippen LogP contribution < -0.4 is 4.90 Å². The summed E-state index contributed by atoms with van der Waals surface area (Å²) < 4.78 is 62.5. The molecule has 0 heterocycles. The Morgan fingerprint density at radius 3 is 2.33 bits per heavy atom. The minimum Gasteiger partial charge on any atom is -0.369 e. The van der Waals surface area contributed by atoms with E-state index in [1.54, 1.807) is 0 Å². The van der Waals surface area contributed by atoms with Gasteiger partial charge < -0.3 is 4.90 Å². The molecule has 7 heteroatoms. The molecule has 0 unspecified atom stereocenters. The van der Waals surface area contributed by atoms with Gasteiger partial charge in [0.25, 0.3) is 6.43 Å². The maximum Gasteiger partial charge on any atom is 0.416 e. The molecule has 1 aromatic rings. The molecule has 1 rings (SSSR count). The van der Waals surface area contributed by atoms with E-state index < -0.39 is 24.7 Å². The molecular formula is C11H11ClF5N. The Kier molecular flexibility index (Phi) is 4.78. The topological polar surface area (TPSA) is 3.24 Å². The average molecular weight is 288 g/mol. The SMILES string of the molecule is CN(CC(F)F)c1ccc(CCl)c(C(F)(F)F)c1. The molecule has 0 fully saturated rings. The highest BCUT2D eigenvalue weighted by Gasteiger charge is 2.33. The number of rotatable bonds is 4. The third-order valence-electron chi connectivity index (χ3n) is 2.40. The van der Waals surface area contributed by atoms with E-state index in [1.807, 2.05) is 0 Å². The predicted molar refractivity (Wildman–Crippen MR) is 60.3 cm³/mol. The van der Waals surface area contributed by atoms with E-state index in [9.17, 15) is 22.0 Å². The second-order valence-corrected chi connectivity index (χ2v) is 4.01. The third-order valence-corrected chi connectivity index (χ3v) is 2.68. The van der Waals surface area contributed by atoms with Gasteiger partial charge in [-0.1, -0.05) is 6.07 Å². The van der Waals surface area contributed by atoms with Crippen LogP contribution >= 0.6 is 11.6 Å². The van der Waals surface area contributed by atoms with Gasteiger partial charge in [0.2, 0.25) is 0 Å². The lowest BCUT2D eigenvalue weighted by Gasteiger charge is -2.21. The van der Waals surface area contributed by atoms with Crippen molar-refractivity contribution in [1.82, 2.24) is 0 Å². The van der Waals surface area contributed by atoms with E-state index in [-0.39, 0.29) is 17.1 Å². The number of hydrogen-bond acceptors (Lipinski definition) is 1. The molecule has 0 saturated heterocycles. The lowest BCUT2D eigenvalue weighted by Crippen LogP contribution is -2.24. The first-order chi connectivity index (χ1) is 8.25. The molecule has 0 aromatic heterocycles. The van der Waals surface area contributed by atoms with Crippen LogP contribution in [-0.4, -0.2) is 20.0 Å². The maximum atomic E-state index is 12.7. The van der Waals surface area contributed by atoms with E-state index in [4.69, 9.17) is 11.6 Å². The molecule has 1 aromatic carbocycles. The van der Waals surface area contributed by atoms with Crippen molar-refractivity contribution in [3.8, 4) is 0 Å². The van der Waals surface area contributed by atoms with Crippen LogP contribution in [0.1, 0.15) is 11.1 Å². The monoisotopic (exact) mass is 287 g/mol. The van der Waals surface area contributed by atoms with E-state index in [0.717, 1.165) is 11.0 Å². The van der Waals surface area contributed by atoms with E-state index in [0.29, 0.717) is 0 Å². The van der Waals surface area contributed by atoms with Gasteiger partial charge in [0.1, 0.15) is 0 Å². The van der Waals surface area contributed by atoms with Crippen LogP contribution in [0.25, 0.3) is 0 Å². The van der Waals surface area contributed by atoms with Crippen LogP contribution in [0, 0.1) is 0 Å². The molecule has 1 nitrogen and oxygen atoms in total. The van der Waals surface area contributed by atoms with E-state index in [2.05, 4.69) is 0 Å². The molecule has 0 aliphatic carbocycles. The summed E-state index contributed by atoms with van der Waals surface area (Å²) in [5, 5.41) is 0. The van der Waals surface area contributed by atoms with Gasteiger partial charge in [-0.2, -0.15) is 13.2 Å². The summed E-state index contributed by atoms with van der Waals surface area (Å²) >= 11 is 5.42. The first kappa shape index (κ1) is 15.0. The van der Waals surface area contributed by atoms with Gasteiger partial charge in [0.05, 0.1) is 12.1 Å². The number of anilines is 1. The van der Waals surface area contributed by atoms with E-state index in [1.165, 1.54) is 19.2 Å². The van der Waals surface area contributed by atoms with Crippen LogP contribution in [0.5, 0.6) is 0 Å². The van der Waals surface area contributed by atoms with Gasteiger partial charge in [-0.25, -0.2) is 8.78 Å². The molecule has 102 valence electrons. The zero-order chi connectivity index (χ0) is 13.9. The molecule has 0 amide bonds. The molecule has 0 aliphatic rings. The predicted octanol–water partition coefficient (Wildman–Crippen LogP) is 4.15. The Balaban J connectivity index is 3.10. The molecular weight excluding hydrogens is 277 g/mol. The maximum absolute atomic E-state index is 12.7. The van der Waals surface area contributed by atoms with Gasteiger partial charge in [0.15, 0.2) is 0 Å². The Labute approximate surface area is 106 Å². The summed E-state index contributed by atoms with van der Waals surface area (Å²) in [5.41, 5.74) is -0.883. The Bertz CT molecular complexity index is 405. The normalized spacial score (nSPS) is 12.0. The van der Waals surface area contributed by atoms with Crippen LogP contribution in [-0.2, 0) is 12.1 Å². The standard InChI is InChI=1S/C11H11ClF5N/c1-18(6-10(13)14)8-3-2-7(5-12)9(4-8)11(15,16)17/h2-4,10H,5-6H2,1H3. The molecule has 18 heavy (non-hydrogen) atoms. The Hall–Kier alpha value is -1.04. The first-order valence-corrected chi connectivity index (χ1v) is 5.54. The van der Waals surface area contributed by atoms with Crippen LogP contribution in [0.3, 0.4) is 0 Å². The van der Waals surface area contributed by atoms with Crippen molar-refractivity contribution in [3.05, 3.63) is 29.3 Å². The number of benzene rings is 1. The molecule has 0 radical (unpaired) electrons. The van der Waals surface area contributed by atoms with Gasteiger partial charge in [-0.3, -0.25) is 0 Å². The first-order valence-electron chi connectivity index (χ1n) is 5.01. The highest BCUT2D eigenvalue weighted by molar-refractivity contribution is 6.17. The third kappa shape index (κ3) is 3.73. The summed E-state index contributed by atoms with van der Waals surface area (Å²) in [7, 11) is 1.31. The van der Waals surface area contributed by atoms with Gasteiger partial charge >= 0.3 is 6.18 Å². The summed E-state index contributed by atoms with van der Waals surface area (Å²) in [6, 6.07) is 3.38. The van der Waals surface area contributed by atoms with Crippen molar-refractivity contribution in [2.45, 2.75) is 18.5 Å². The molecule has 0 spiro atoms. The molecule has 0 N–H and O–H groups in total.